The van der Waals surface area contributed by atoms with Gasteiger partial charge in [-0.3, -0.25) is 15.2 Å². The van der Waals surface area contributed by atoms with Crippen molar-refractivity contribution in [2.45, 2.75) is 50.1 Å². The number of hydrogen-bond donors (Lipinski definition) is 2. The first-order valence-electron chi connectivity index (χ1n) is 9.65. The van der Waals surface area contributed by atoms with Crippen molar-refractivity contribution < 1.29 is 18.0 Å². The van der Waals surface area contributed by atoms with Crippen LogP contribution in [-0.4, -0.2) is 21.1 Å². The van der Waals surface area contributed by atoms with Crippen molar-refractivity contribution in [3.8, 4) is 0 Å². The third-order valence-electron chi connectivity index (χ3n) is 6.91. The first-order chi connectivity index (χ1) is 13.3. The summed E-state index contributed by atoms with van der Waals surface area (Å²) in [5.74, 6) is -0.791. The van der Waals surface area contributed by atoms with Crippen LogP contribution in [0.2, 0.25) is 0 Å². The molecular weight excluding hydrogens is 369 g/mol. The fourth-order valence-corrected chi connectivity index (χ4v) is 6.34. The second kappa shape index (κ2) is 5.81. The maximum atomic E-state index is 13.2. The standard InChI is InChI=1S/C20H21F3N4O/c21-20(22,23)15-24-17(27-26-15)25-16(28)19-9-12-6-13(10-19)8-18(7-12,11-19)14-4-2-1-3-5-14/h1-5,12-13H,6-11H2,(H2,24,25,26,27,28)/t12-,13-,18?,19?/m1/s1. The van der Waals surface area contributed by atoms with Gasteiger partial charge in [-0.25, -0.2) is 0 Å². The van der Waals surface area contributed by atoms with Crippen LogP contribution in [-0.2, 0) is 16.4 Å². The van der Waals surface area contributed by atoms with Crippen LogP contribution < -0.4 is 5.32 Å². The van der Waals surface area contributed by atoms with Crippen molar-refractivity contribution in [1.82, 2.24) is 15.2 Å². The Bertz CT molecular complexity index is 894. The predicted molar refractivity (Wildman–Crippen MR) is 95.2 cm³/mol. The molecule has 4 aliphatic carbocycles. The number of halogens is 3. The lowest BCUT2D eigenvalue weighted by Crippen LogP contribution is -2.58. The Balaban J connectivity index is 1.43. The summed E-state index contributed by atoms with van der Waals surface area (Å²) in [4.78, 5) is 16.6. The molecule has 2 aromatic rings. The number of hydrogen-bond acceptors (Lipinski definition) is 3. The first-order valence-corrected chi connectivity index (χ1v) is 9.65. The van der Waals surface area contributed by atoms with Gasteiger partial charge in [0.25, 0.3) is 0 Å². The lowest BCUT2D eigenvalue weighted by atomic mass is 9.42. The van der Waals surface area contributed by atoms with Crippen LogP contribution in [0.5, 0.6) is 0 Å². The molecular formula is C20H21F3N4O. The fraction of sp³-hybridized carbons (Fsp3) is 0.550. The molecule has 0 radical (unpaired) electrons. The number of aromatic nitrogens is 3. The highest BCUT2D eigenvalue weighted by Gasteiger charge is 2.61. The molecule has 8 heteroatoms. The number of nitrogens with one attached hydrogen (secondary N) is 2. The van der Waals surface area contributed by atoms with E-state index in [0.717, 1.165) is 38.5 Å². The minimum Gasteiger partial charge on any atom is -0.293 e. The molecule has 0 saturated heterocycles. The van der Waals surface area contributed by atoms with E-state index in [0.29, 0.717) is 11.8 Å². The number of H-pyrrole nitrogens is 1. The largest absolute Gasteiger partial charge is 0.451 e. The van der Waals surface area contributed by atoms with Crippen molar-refractivity contribution >= 4 is 11.9 Å². The number of alkyl halides is 3. The Kier molecular flexibility index (Phi) is 3.67. The second-order valence-corrected chi connectivity index (χ2v) is 8.85. The van der Waals surface area contributed by atoms with Gasteiger partial charge in [0.1, 0.15) is 0 Å². The van der Waals surface area contributed by atoms with E-state index >= 15 is 0 Å². The molecule has 148 valence electrons. The maximum Gasteiger partial charge on any atom is 0.451 e. The topological polar surface area (TPSA) is 70.7 Å². The van der Waals surface area contributed by atoms with Crippen molar-refractivity contribution in [2.24, 2.45) is 17.3 Å². The summed E-state index contributed by atoms with van der Waals surface area (Å²) >= 11 is 0. The molecule has 6 rings (SSSR count). The molecule has 1 aromatic heterocycles. The van der Waals surface area contributed by atoms with Crippen molar-refractivity contribution in [3.63, 3.8) is 0 Å². The zero-order valence-electron chi connectivity index (χ0n) is 15.2. The van der Waals surface area contributed by atoms with E-state index in [1.54, 1.807) is 0 Å². The summed E-state index contributed by atoms with van der Waals surface area (Å²) in [6.45, 7) is 0. The average molecular weight is 390 g/mol. The van der Waals surface area contributed by atoms with Gasteiger partial charge in [-0.2, -0.15) is 18.2 Å². The van der Waals surface area contributed by atoms with Crippen LogP contribution in [0.3, 0.4) is 0 Å². The summed E-state index contributed by atoms with van der Waals surface area (Å²) in [5, 5.41) is 7.96. The van der Waals surface area contributed by atoms with Gasteiger partial charge in [-0.15, -0.1) is 5.10 Å². The normalized spacial score (nSPS) is 33.8. The van der Waals surface area contributed by atoms with E-state index < -0.39 is 17.4 Å². The first kappa shape index (κ1) is 17.7. The molecule has 5 nitrogen and oxygen atoms in total. The Hall–Kier alpha value is -2.38. The highest BCUT2D eigenvalue weighted by atomic mass is 19.4. The van der Waals surface area contributed by atoms with Crippen LogP contribution in [0.25, 0.3) is 0 Å². The Morgan fingerprint density at radius 3 is 2.39 bits per heavy atom. The van der Waals surface area contributed by atoms with Gasteiger partial charge in [0, 0.05) is 0 Å². The van der Waals surface area contributed by atoms with Gasteiger partial charge in [-0.05, 0) is 61.3 Å². The predicted octanol–water partition coefficient (Wildman–Crippen LogP) is 4.30. The highest BCUT2D eigenvalue weighted by molar-refractivity contribution is 5.94. The Morgan fingerprint density at radius 1 is 1.11 bits per heavy atom. The molecule has 4 saturated carbocycles. The van der Waals surface area contributed by atoms with Gasteiger partial charge in [0.2, 0.25) is 17.7 Å². The molecule has 0 aliphatic heterocycles. The molecule has 4 fully saturated rings. The minimum absolute atomic E-state index is 0.0151. The summed E-state index contributed by atoms with van der Waals surface area (Å²) in [5.41, 5.74) is 0.705. The van der Waals surface area contributed by atoms with E-state index in [2.05, 4.69) is 27.5 Å². The molecule has 28 heavy (non-hydrogen) atoms. The lowest BCUT2D eigenvalue weighted by molar-refractivity contribution is -0.145. The Labute approximate surface area is 160 Å². The minimum atomic E-state index is -4.62. The van der Waals surface area contributed by atoms with Crippen LogP contribution in [0.15, 0.2) is 30.3 Å². The zero-order valence-corrected chi connectivity index (χ0v) is 15.2. The van der Waals surface area contributed by atoms with E-state index in [1.165, 1.54) is 5.56 Å². The van der Waals surface area contributed by atoms with Gasteiger partial charge < -0.3 is 0 Å². The van der Waals surface area contributed by atoms with Gasteiger partial charge in [-0.1, -0.05) is 30.3 Å². The summed E-state index contributed by atoms with van der Waals surface area (Å²) in [6, 6.07) is 10.3. The van der Waals surface area contributed by atoms with E-state index in [9.17, 15) is 18.0 Å². The molecule has 2 N–H and O–H groups in total. The van der Waals surface area contributed by atoms with E-state index in [1.807, 2.05) is 23.3 Å². The fourth-order valence-electron chi connectivity index (χ4n) is 6.34. The SMILES string of the molecule is O=C(Nc1n[nH]c(C(F)(F)F)n1)C12C[C@@H]3C[C@@H](C1)CC(c1ccccc1)(C3)C2. The molecule has 1 amide bonds. The molecule has 4 bridgehead atoms. The van der Waals surface area contributed by atoms with Crippen LogP contribution in [0, 0.1) is 17.3 Å². The molecule has 2 atom stereocenters. The molecule has 1 aromatic carbocycles. The van der Waals surface area contributed by atoms with Crippen LogP contribution >= 0.6 is 0 Å². The molecule has 0 unspecified atom stereocenters. The smallest absolute Gasteiger partial charge is 0.293 e. The molecule has 1 heterocycles. The number of rotatable bonds is 3. The van der Waals surface area contributed by atoms with Gasteiger partial charge >= 0.3 is 6.18 Å². The number of anilines is 1. The number of aromatic amines is 1. The number of carbonyl (C=O) groups is 1. The lowest BCUT2D eigenvalue weighted by Gasteiger charge is -2.61. The number of amides is 1. The van der Waals surface area contributed by atoms with Crippen molar-refractivity contribution in [1.29, 1.82) is 0 Å². The number of nitrogens with zero attached hydrogens (tertiary/aromatic N) is 2. The van der Waals surface area contributed by atoms with E-state index in [-0.39, 0.29) is 17.3 Å². The number of carbonyl (C=O) groups excluding carboxylic acids is 1. The van der Waals surface area contributed by atoms with Crippen LogP contribution in [0.1, 0.15) is 49.9 Å². The summed E-state index contributed by atoms with van der Waals surface area (Å²) in [7, 11) is 0. The third-order valence-corrected chi connectivity index (χ3v) is 6.91. The quantitative estimate of drug-likeness (QED) is 0.821. The van der Waals surface area contributed by atoms with Gasteiger partial charge in [0.15, 0.2) is 0 Å². The third kappa shape index (κ3) is 2.72. The Morgan fingerprint density at radius 2 is 1.79 bits per heavy atom. The average Bonchev–Trinajstić information content (AvgIpc) is 3.10. The number of benzene rings is 1. The highest BCUT2D eigenvalue weighted by Crippen LogP contribution is 2.65. The summed E-state index contributed by atoms with van der Waals surface area (Å²) in [6.07, 6.45) is 1.01. The zero-order chi connectivity index (χ0) is 19.6. The van der Waals surface area contributed by atoms with E-state index in [4.69, 9.17) is 0 Å². The monoisotopic (exact) mass is 390 g/mol. The molecule has 0 spiro atoms. The van der Waals surface area contributed by atoms with Crippen LogP contribution in [0.4, 0.5) is 19.1 Å². The van der Waals surface area contributed by atoms with Crippen molar-refractivity contribution in [2.75, 3.05) is 5.32 Å². The second-order valence-electron chi connectivity index (χ2n) is 8.85. The summed E-state index contributed by atoms with van der Waals surface area (Å²) < 4.78 is 38.2. The van der Waals surface area contributed by atoms with Crippen molar-refractivity contribution in [3.05, 3.63) is 41.7 Å². The maximum absolute atomic E-state index is 13.2. The molecule has 4 aliphatic rings. The van der Waals surface area contributed by atoms with Gasteiger partial charge in [0.05, 0.1) is 5.41 Å².